The summed E-state index contributed by atoms with van der Waals surface area (Å²) in [5.74, 6) is -1.17. The number of aromatic nitrogens is 2. The molecule has 1 saturated carbocycles. The lowest BCUT2D eigenvalue weighted by molar-refractivity contribution is -0.274. The van der Waals surface area contributed by atoms with Crippen LogP contribution in [0.15, 0.2) is 52.9 Å². The molecule has 0 radical (unpaired) electrons. The normalized spacial score (nSPS) is 17.8. The maximum Gasteiger partial charge on any atom is 0.573 e. The number of alkyl halides is 3. The van der Waals surface area contributed by atoms with Crippen LogP contribution < -0.4 is 15.4 Å². The van der Waals surface area contributed by atoms with E-state index in [9.17, 15) is 22.8 Å². The van der Waals surface area contributed by atoms with Gasteiger partial charge in [0.05, 0.1) is 0 Å². The van der Waals surface area contributed by atoms with Crippen LogP contribution in [0.1, 0.15) is 54.8 Å². The standard InChI is InChI=1S/C24H23F3N4O5/c1-14(32)34-19-10-4-16(5-11-19)15-2-6-17(7-3-15)28-21(33)22-30-31-23(35-22)29-18-8-12-20(13-9-18)36-24(25,26)27/h2-3,6-9,12-13,16,19H,4-5,10-11H2,1H3,(H,28,33)(H,29,31)/t16-,19-. The second-order valence-electron chi connectivity index (χ2n) is 8.27. The summed E-state index contributed by atoms with van der Waals surface area (Å²) in [6.45, 7) is 1.42. The third-order valence-corrected chi connectivity index (χ3v) is 5.61. The lowest BCUT2D eigenvalue weighted by atomic mass is 9.82. The molecule has 1 fully saturated rings. The minimum absolute atomic E-state index is 0.0196. The second-order valence-corrected chi connectivity index (χ2v) is 8.27. The van der Waals surface area contributed by atoms with Crippen molar-refractivity contribution in [2.75, 3.05) is 10.6 Å². The fourth-order valence-corrected chi connectivity index (χ4v) is 4.00. The number of anilines is 3. The van der Waals surface area contributed by atoms with Crippen molar-refractivity contribution >= 4 is 29.3 Å². The zero-order valence-corrected chi connectivity index (χ0v) is 19.2. The Hall–Kier alpha value is -4.09. The molecule has 4 rings (SSSR count). The van der Waals surface area contributed by atoms with E-state index in [0.717, 1.165) is 43.4 Å². The van der Waals surface area contributed by atoms with Gasteiger partial charge >= 0.3 is 30.1 Å². The van der Waals surface area contributed by atoms with Gasteiger partial charge in [-0.25, -0.2) is 0 Å². The maximum atomic E-state index is 12.5. The van der Waals surface area contributed by atoms with Crippen molar-refractivity contribution in [1.29, 1.82) is 0 Å². The molecule has 1 aliphatic rings. The van der Waals surface area contributed by atoms with Crippen molar-refractivity contribution in [3.05, 3.63) is 60.0 Å². The number of hydrogen-bond acceptors (Lipinski definition) is 8. The number of benzene rings is 2. The molecule has 0 aliphatic heterocycles. The van der Waals surface area contributed by atoms with Gasteiger partial charge in [-0.15, -0.1) is 18.3 Å². The third-order valence-electron chi connectivity index (χ3n) is 5.61. The van der Waals surface area contributed by atoms with Crippen LogP contribution in [0, 0.1) is 0 Å². The molecule has 1 heterocycles. The van der Waals surface area contributed by atoms with Gasteiger partial charge in [0.25, 0.3) is 0 Å². The molecule has 1 aliphatic carbocycles. The van der Waals surface area contributed by atoms with Crippen LogP contribution in [0.25, 0.3) is 0 Å². The summed E-state index contributed by atoms with van der Waals surface area (Å²) in [5.41, 5.74) is 2.05. The van der Waals surface area contributed by atoms with Crippen LogP contribution in [0.4, 0.5) is 30.6 Å². The first kappa shape index (κ1) is 25.0. The Labute approximate surface area is 204 Å². The van der Waals surface area contributed by atoms with Crippen molar-refractivity contribution < 1.29 is 36.7 Å². The first-order chi connectivity index (χ1) is 17.1. The molecule has 190 valence electrons. The predicted molar refractivity (Wildman–Crippen MR) is 122 cm³/mol. The van der Waals surface area contributed by atoms with E-state index in [4.69, 9.17) is 9.15 Å². The van der Waals surface area contributed by atoms with E-state index in [-0.39, 0.29) is 29.7 Å². The van der Waals surface area contributed by atoms with Gasteiger partial charge in [0.15, 0.2) is 0 Å². The lowest BCUT2D eigenvalue weighted by Gasteiger charge is -2.28. The number of carbonyl (C=O) groups is 2. The molecule has 0 spiro atoms. The van der Waals surface area contributed by atoms with Gasteiger partial charge in [-0.2, -0.15) is 0 Å². The number of ether oxygens (including phenoxy) is 2. The Morgan fingerprint density at radius 3 is 2.19 bits per heavy atom. The molecule has 1 amide bonds. The summed E-state index contributed by atoms with van der Waals surface area (Å²) in [6.07, 6.45) is -1.33. The van der Waals surface area contributed by atoms with Gasteiger partial charge in [-0.3, -0.25) is 9.59 Å². The van der Waals surface area contributed by atoms with Crippen LogP contribution in [0.3, 0.4) is 0 Å². The predicted octanol–water partition coefficient (Wildman–Crippen LogP) is 5.55. The van der Waals surface area contributed by atoms with Gasteiger partial charge < -0.3 is 24.5 Å². The topological polar surface area (TPSA) is 116 Å². The van der Waals surface area contributed by atoms with Gasteiger partial charge in [-0.05, 0) is 73.6 Å². The number of nitrogens with zero attached hydrogens (tertiary/aromatic N) is 2. The summed E-state index contributed by atoms with van der Waals surface area (Å²) < 4.78 is 51.1. The van der Waals surface area contributed by atoms with E-state index in [2.05, 4.69) is 25.6 Å². The Balaban J connectivity index is 1.29. The van der Waals surface area contributed by atoms with Crippen LogP contribution >= 0.6 is 0 Å². The molecular formula is C24H23F3N4O5. The zero-order valence-electron chi connectivity index (χ0n) is 19.2. The monoisotopic (exact) mass is 504 g/mol. The van der Waals surface area contributed by atoms with Crippen LogP contribution in [-0.2, 0) is 9.53 Å². The second kappa shape index (κ2) is 10.7. The highest BCUT2D eigenvalue weighted by atomic mass is 19.4. The molecule has 9 nitrogen and oxygen atoms in total. The summed E-state index contributed by atoms with van der Waals surface area (Å²) in [6, 6.07) is 12.2. The van der Waals surface area contributed by atoms with Gasteiger partial charge in [0.1, 0.15) is 11.9 Å². The fourth-order valence-electron chi connectivity index (χ4n) is 4.00. The lowest BCUT2D eigenvalue weighted by Crippen LogP contribution is -2.22. The van der Waals surface area contributed by atoms with E-state index >= 15 is 0 Å². The summed E-state index contributed by atoms with van der Waals surface area (Å²) in [7, 11) is 0. The van der Waals surface area contributed by atoms with Gasteiger partial charge in [0, 0.05) is 18.3 Å². The molecule has 0 atom stereocenters. The van der Waals surface area contributed by atoms with Gasteiger partial charge in [-0.1, -0.05) is 17.2 Å². The zero-order chi connectivity index (χ0) is 25.7. The summed E-state index contributed by atoms with van der Waals surface area (Å²) in [4.78, 5) is 23.6. The number of amides is 1. The summed E-state index contributed by atoms with van der Waals surface area (Å²) >= 11 is 0. The molecule has 0 bridgehead atoms. The van der Waals surface area contributed by atoms with Crippen molar-refractivity contribution in [2.24, 2.45) is 0 Å². The van der Waals surface area contributed by atoms with Crippen LogP contribution in [0.2, 0.25) is 0 Å². The Kier molecular flexibility index (Phi) is 7.41. The highest BCUT2D eigenvalue weighted by Gasteiger charge is 2.31. The quantitative estimate of drug-likeness (QED) is 0.402. The number of carbonyl (C=O) groups excluding carboxylic acids is 2. The molecule has 1 aromatic heterocycles. The van der Waals surface area contributed by atoms with Crippen molar-refractivity contribution in [2.45, 2.75) is 51.0 Å². The first-order valence-corrected chi connectivity index (χ1v) is 11.2. The summed E-state index contributed by atoms with van der Waals surface area (Å²) in [5, 5.41) is 12.8. The molecule has 2 aromatic carbocycles. The Morgan fingerprint density at radius 2 is 1.58 bits per heavy atom. The maximum absolute atomic E-state index is 12.5. The molecule has 3 aromatic rings. The fraction of sp³-hybridized carbons (Fsp3) is 0.333. The third kappa shape index (κ3) is 6.96. The van der Waals surface area contributed by atoms with E-state index in [1.807, 2.05) is 12.1 Å². The highest BCUT2D eigenvalue weighted by Crippen LogP contribution is 2.34. The molecular weight excluding hydrogens is 481 g/mol. The van der Waals surface area contributed by atoms with Crippen LogP contribution in [-0.4, -0.2) is 34.5 Å². The molecule has 2 N–H and O–H groups in total. The first-order valence-electron chi connectivity index (χ1n) is 11.2. The van der Waals surface area contributed by atoms with Crippen LogP contribution in [0.5, 0.6) is 5.75 Å². The molecule has 12 heteroatoms. The number of halogens is 3. The average Bonchev–Trinajstić information content (AvgIpc) is 3.29. The highest BCUT2D eigenvalue weighted by molar-refractivity contribution is 6.00. The minimum Gasteiger partial charge on any atom is -0.463 e. The molecule has 0 saturated heterocycles. The van der Waals surface area contributed by atoms with E-state index in [1.54, 1.807) is 12.1 Å². The van der Waals surface area contributed by atoms with Crippen molar-refractivity contribution in [3.63, 3.8) is 0 Å². The SMILES string of the molecule is CC(=O)O[C@H]1CC[C@H](c2ccc(NC(=O)c3nnc(Nc4ccc(OC(F)(F)F)cc4)o3)cc2)CC1. The molecule has 0 unspecified atom stereocenters. The van der Waals surface area contributed by atoms with Crippen molar-refractivity contribution in [1.82, 2.24) is 10.2 Å². The number of hydrogen-bond donors (Lipinski definition) is 2. The Morgan fingerprint density at radius 1 is 0.944 bits per heavy atom. The van der Waals surface area contributed by atoms with Crippen molar-refractivity contribution in [3.8, 4) is 5.75 Å². The Bertz CT molecular complexity index is 1190. The minimum atomic E-state index is -4.78. The largest absolute Gasteiger partial charge is 0.573 e. The molecule has 36 heavy (non-hydrogen) atoms. The number of nitrogens with one attached hydrogen (secondary N) is 2. The average molecular weight is 504 g/mol. The number of esters is 1. The van der Waals surface area contributed by atoms with E-state index in [1.165, 1.54) is 19.1 Å². The smallest absolute Gasteiger partial charge is 0.463 e. The van der Waals surface area contributed by atoms with E-state index < -0.39 is 12.3 Å². The van der Waals surface area contributed by atoms with Gasteiger partial charge in [0.2, 0.25) is 0 Å². The number of rotatable bonds is 7. The van der Waals surface area contributed by atoms with E-state index in [0.29, 0.717) is 17.3 Å².